The van der Waals surface area contributed by atoms with Crippen molar-refractivity contribution in [2.24, 2.45) is 0 Å². The molecule has 1 saturated carbocycles. The Morgan fingerprint density at radius 3 is 1.75 bits per heavy atom. The highest BCUT2D eigenvalue weighted by Gasteiger charge is 2.41. The summed E-state index contributed by atoms with van der Waals surface area (Å²) in [5.74, 6) is -0.0632. The van der Waals surface area contributed by atoms with E-state index in [9.17, 15) is 6.85 Å². The normalized spacial score (nSPS) is 15.2. The first kappa shape index (κ1) is 30.8. The summed E-state index contributed by atoms with van der Waals surface area (Å²) in [4.78, 5) is 0. The van der Waals surface area contributed by atoms with E-state index in [2.05, 4.69) is 162 Å². The molecule has 1 fully saturated rings. The fourth-order valence-electron chi connectivity index (χ4n) is 10.7. The Hall–Kier alpha value is -7.20. The zero-order valence-electron chi connectivity index (χ0n) is 41.8. The molecule has 0 atom stereocenters. The number of rotatable bonds is 8. The van der Waals surface area contributed by atoms with Gasteiger partial charge >= 0.3 is 0 Å². The first-order valence-corrected chi connectivity index (χ1v) is 24.1. The van der Waals surface area contributed by atoms with Gasteiger partial charge in [-0.3, -0.25) is 0 Å². The third-order valence-corrected chi connectivity index (χ3v) is 18.3. The van der Waals surface area contributed by atoms with Gasteiger partial charge in [0.15, 0.2) is 8.07 Å². The predicted octanol–water partition coefficient (Wildman–Crippen LogP) is 13.0. The van der Waals surface area contributed by atoms with Crippen molar-refractivity contribution in [2.75, 3.05) is 0 Å². The number of benzene rings is 9. The van der Waals surface area contributed by atoms with Crippen molar-refractivity contribution < 1.29 is 9.60 Å². The molecule has 2 heterocycles. The van der Waals surface area contributed by atoms with Gasteiger partial charge in [0.1, 0.15) is 0 Å². The Morgan fingerprint density at radius 1 is 0.429 bits per heavy atom. The fraction of sp³-hybridized carbons (Fsp3) is 0.100. The van der Waals surface area contributed by atoms with Crippen molar-refractivity contribution in [3.63, 3.8) is 0 Å². The molecule has 0 amide bonds. The average Bonchev–Trinajstić information content (AvgIpc) is 3.95. The first-order valence-electron chi connectivity index (χ1n) is 25.6. The second-order valence-corrected chi connectivity index (χ2v) is 20.7. The van der Waals surface area contributed by atoms with E-state index in [-0.39, 0.29) is 58.5 Å². The van der Waals surface area contributed by atoms with Crippen LogP contribution in [0.3, 0.4) is 0 Å². The maximum absolute atomic E-state index is 10.0. The molecule has 302 valence electrons. The van der Waals surface area contributed by atoms with Gasteiger partial charge in [-0.05, 0) is 87.0 Å². The molecule has 0 spiro atoms. The molecular weight excluding hydrogens is 777 g/mol. The predicted molar refractivity (Wildman–Crippen MR) is 270 cm³/mol. The number of para-hydroxylation sites is 3. The Morgan fingerprint density at radius 2 is 1.00 bits per heavy atom. The minimum absolute atomic E-state index is 0.0254. The van der Waals surface area contributed by atoms with Crippen LogP contribution in [0.5, 0.6) is 0 Å². The number of hydrogen-bond acceptors (Lipinski definition) is 0. The van der Waals surface area contributed by atoms with E-state index in [1.807, 2.05) is 28.8 Å². The van der Waals surface area contributed by atoms with Crippen LogP contribution in [0, 0.1) is 0 Å². The SMILES string of the molecule is [2H]c1c([2H])c([2H])c2c(c1[2H])c1c([2H])c([2H])c(C3CCCCC3)c([2H])c1n2-c1cccc2c1c1ccccc1n2-c1ccccc1-c1cccc([Si](c2ccccc2)(c2ccccc2)c2ccccc2)c1. The summed E-state index contributed by atoms with van der Waals surface area (Å²) in [5.41, 5.74) is 6.60. The minimum atomic E-state index is -2.87. The molecule has 12 rings (SSSR count). The molecule has 2 nitrogen and oxygen atoms in total. The topological polar surface area (TPSA) is 9.86 Å². The van der Waals surface area contributed by atoms with E-state index in [4.69, 9.17) is 2.74 Å². The van der Waals surface area contributed by atoms with Crippen LogP contribution in [0.2, 0.25) is 0 Å². The highest BCUT2D eigenvalue weighted by Crippen LogP contribution is 2.43. The second-order valence-electron chi connectivity index (χ2n) is 16.9. The zero-order chi connectivity index (χ0) is 47.8. The molecule has 1 aliphatic rings. The summed E-state index contributed by atoms with van der Waals surface area (Å²) in [6.45, 7) is 0. The molecule has 0 aliphatic heterocycles. The van der Waals surface area contributed by atoms with Crippen LogP contribution < -0.4 is 20.7 Å². The standard InChI is InChI=1S/C60H48N2Si/c1-5-21-43(22-6-1)44-39-40-52-51-32-14-17-35-55(51)62(59(52)42-44)58-38-20-37-57-60(58)53-33-15-18-36-56(53)61(57)54-34-16-13-31-50(54)45-23-19-30-49(41-45)63(46-24-7-2-8-25-46,47-26-9-3-10-27-47)48-28-11-4-12-29-48/h2-4,7-20,23-43H,1,5-6,21-22H2/i14D,17D,32D,35D,39D,40D,42D. The molecule has 3 heteroatoms. The first-order chi connectivity index (χ1) is 34.2. The number of aromatic nitrogens is 2. The monoisotopic (exact) mass is 831 g/mol. The molecule has 11 aromatic rings. The summed E-state index contributed by atoms with van der Waals surface area (Å²) in [5, 5.41) is 7.28. The van der Waals surface area contributed by atoms with E-state index >= 15 is 0 Å². The third kappa shape index (κ3) is 6.06. The van der Waals surface area contributed by atoms with Crippen LogP contribution in [-0.2, 0) is 0 Å². The van der Waals surface area contributed by atoms with Crippen LogP contribution >= 0.6 is 0 Å². The maximum atomic E-state index is 10.0. The van der Waals surface area contributed by atoms with Crippen LogP contribution in [0.1, 0.15) is 53.2 Å². The van der Waals surface area contributed by atoms with Gasteiger partial charge in [-0.15, -0.1) is 0 Å². The van der Waals surface area contributed by atoms with E-state index in [1.54, 1.807) is 0 Å². The minimum Gasteiger partial charge on any atom is -0.309 e. The quantitative estimate of drug-likeness (QED) is 0.107. The van der Waals surface area contributed by atoms with Gasteiger partial charge < -0.3 is 9.13 Å². The molecular formula is C60H48N2Si. The van der Waals surface area contributed by atoms with Crippen molar-refractivity contribution in [1.82, 2.24) is 9.13 Å². The highest BCUT2D eigenvalue weighted by atomic mass is 28.3. The molecule has 0 saturated heterocycles. The van der Waals surface area contributed by atoms with Crippen molar-refractivity contribution in [2.45, 2.75) is 38.0 Å². The Bertz CT molecular complexity index is 3750. The van der Waals surface area contributed by atoms with E-state index in [0.717, 1.165) is 70.7 Å². The lowest BCUT2D eigenvalue weighted by Gasteiger charge is -2.34. The lowest BCUT2D eigenvalue weighted by atomic mass is 9.84. The smallest absolute Gasteiger partial charge is 0.179 e. The maximum Gasteiger partial charge on any atom is 0.179 e. The molecule has 63 heavy (non-hydrogen) atoms. The van der Waals surface area contributed by atoms with Crippen molar-refractivity contribution >= 4 is 72.4 Å². The van der Waals surface area contributed by atoms with Gasteiger partial charge in [0, 0.05) is 27.1 Å². The fourth-order valence-corrected chi connectivity index (χ4v) is 15.5. The summed E-state index contributed by atoms with van der Waals surface area (Å²) < 4.78 is 69.5. The average molecular weight is 832 g/mol. The molecule has 9 aromatic carbocycles. The third-order valence-electron chi connectivity index (χ3n) is 13.5. The highest BCUT2D eigenvalue weighted by molar-refractivity contribution is 7.19. The Labute approximate surface area is 380 Å². The van der Waals surface area contributed by atoms with Gasteiger partial charge in [-0.25, -0.2) is 0 Å². The largest absolute Gasteiger partial charge is 0.309 e. The lowest BCUT2D eigenvalue weighted by molar-refractivity contribution is 0.444. The molecule has 0 unspecified atom stereocenters. The molecule has 1 aliphatic carbocycles. The van der Waals surface area contributed by atoms with Crippen molar-refractivity contribution in [3.8, 4) is 22.5 Å². The summed E-state index contributed by atoms with van der Waals surface area (Å²) in [7, 11) is -2.87. The van der Waals surface area contributed by atoms with Crippen molar-refractivity contribution in [1.29, 1.82) is 0 Å². The molecule has 0 radical (unpaired) electrons. The number of nitrogens with zero attached hydrogens (tertiary/aromatic N) is 2. The number of fused-ring (bicyclic) bond motifs is 6. The molecule has 0 bridgehead atoms. The summed E-state index contributed by atoms with van der Waals surface area (Å²) in [6, 6.07) is 63.4. The van der Waals surface area contributed by atoms with Crippen LogP contribution in [0.4, 0.5) is 0 Å². The zero-order valence-corrected chi connectivity index (χ0v) is 35.8. The van der Waals surface area contributed by atoms with E-state index in [0.29, 0.717) is 16.8 Å². The molecule has 0 N–H and O–H groups in total. The Kier molecular flexibility index (Phi) is 7.62. The van der Waals surface area contributed by atoms with Gasteiger partial charge in [0.05, 0.1) is 43.0 Å². The van der Waals surface area contributed by atoms with Crippen LogP contribution in [0.15, 0.2) is 224 Å². The lowest BCUT2D eigenvalue weighted by Crippen LogP contribution is -2.74. The van der Waals surface area contributed by atoms with Gasteiger partial charge in [0.2, 0.25) is 0 Å². The van der Waals surface area contributed by atoms with Gasteiger partial charge in [-0.1, -0.05) is 207 Å². The molecule has 2 aromatic heterocycles. The number of hydrogen-bond donors (Lipinski definition) is 0. The van der Waals surface area contributed by atoms with Crippen LogP contribution in [0.25, 0.3) is 66.1 Å². The van der Waals surface area contributed by atoms with Gasteiger partial charge in [-0.2, -0.15) is 0 Å². The second kappa shape index (κ2) is 15.6. The van der Waals surface area contributed by atoms with E-state index < -0.39 is 14.1 Å². The van der Waals surface area contributed by atoms with Crippen molar-refractivity contribution in [3.05, 3.63) is 230 Å². The van der Waals surface area contributed by atoms with Crippen LogP contribution in [-0.4, -0.2) is 17.2 Å². The summed E-state index contributed by atoms with van der Waals surface area (Å²) in [6.07, 6.45) is 4.70. The van der Waals surface area contributed by atoms with Gasteiger partial charge in [0.25, 0.3) is 0 Å². The Balaban J connectivity index is 1.14. The van der Waals surface area contributed by atoms with E-state index in [1.165, 1.54) is 20.7 Å². The summed E-state index contributed by atoms with van der Waals surface area (Å²) >= 11 is 0.